The number of nitriles is 1. The average molecular weight is 449 g/mol. The predicted octanol–water partition coefficient (Wildman–Crippen LogP) is 1.79. The summed E-state index contributed by atoms with van der Waals surface area (Å²) in [5, 5.41) is 19.2. The van der Waals surface area contributed by atoms with Crippen LogP contribution >= 0.6 is 11.6 Å². The largest absolute Gasteiger partial charge is 0.337 e. The Labute approximate surface area is 179 Å². The van der Waals surface area contributed by atoms with Gasteiger partial charge in [0.15, 0.2) is 5.69 Å². The van der Waals surface area contributed by atoms with Crippen LogP contribution in [0.4, 0.5) is 0 Å². The Hall–Kier alpha value is -2.48. The second-order valence-electron chi connectivity index (χ2n) is 7.93. The van der Waals surface area contributed by atoms with Crippen molar-refractivity contribution in [3.63, 3.8) is 0 Å². The molecular formula is C19H21ClN6O3S. The molecule has 4 rings (SSSR count). The second-order valence-corrected chi connectivity index (χ2v) is 10.0. The Morgan fingerprint density at radius 3 is 2.80 bits per heavy atom. The third kappa shape index (κ3) is 3.80. The lowest BCUT2D eigenvalue weighted by atomic mass is 9.72. The Morgan fingerprint density at radius 2 is 2.10 bits per heavy atom. The fourth-order valence-electron chi connectivity index (χ4n) is 4.57. The maximum atomic E-state index is 13.1. The van der Waals surface area contributed by atoms with Crippen LogP contribution in [0.25, 0.3) is 0 Å². The van der Waals surface area contributed by atoms with Crippen LogP contribution in [0.2, 0.25) is 5.02 Å². The van der Waals surface area contributed by atoms with Crippen LogP contribution < -0.4 is 4.72 Å². The zero-order valence-corrected chi connectivity index (χ0v) is 17.8. The van der Waals surface area contributed by atoms with Crippen molar-refractivity contribution in [3.8, 4) is 6.07 Å². The molecule has 1 aliphatic heterocycles. The smallest absolute Gasteiger partial charge is 0.276 e. The van der Waals surface area contributed by atoms with Crippen molar-refractivity contribution >= 4 is 27.5 Å². The van der Waals surface area contributed by atoms with Crippen molar-refractivity contribution in [1.29, 1.82) is 5.26 Å². The van der Waals surface area contributed by atoms with E-state index in [4.69, 9.17) is 16.9 Å². The topological polar surface area (TPSA) is 132 Å². The summed E-state index contributed by atoms with van der Waals surface area (Å²) in [5.74, 6) is 0.327. The van der Waals surface area contributed by atoms with Gasteiger partial charge in [-0.05, 0) is 48.8 Å². The van der Waals surface area contributed by atoms with Gasteiger partial charge in [-0.15, -0.1) is 0 Å². The van der Waals surface area contributed by atoms with Gasteiger partial charge in [0.2, 0.25) is 10.0 Å². The van der Waals surface area contributed by atoms with Crippen molar-refractivity contribution in [1.82, 2.24) is 25.0 Å². The van der Waals surface area contributed by atoms with Crippen molar-refractivity contribution in [2.75, 3.05) is 13.1 Å². The van der Waals surface area contributed by atoms with Crippen LogP contribution in [0.5, 0.6) is 0 Å². The molecule has 1 aromatic heterocycles. The number of rotatable bonds is 4. The minimum absolute atomic E-state index is 0.0164. The monoisotopic (exact) mass is 448 g/mol. The van der Waals surface area contributed by atoms with Crippen molar-refractivity contribution in [3.05, 3.63) is 40.7 Å². The summed E-state index contributed by atoms with van der Waals surface area (Å²) in [7, 11) is -3.92. The molecular weight excluding hydrogens is 428 g/mol. The lowest BCUT2D eigenvalue weighted by molar-refractivity contribution is 0.0776. The van der Waals surface area contributed by atoms with Crippen LogP contribution in [-0.2, 0) is 10.0 Å². The average Bonchev–Trinajstić information content (AvgIpc) is 3.40. The first-order valence-electron chi connectivity index (χ1n) is 9.67. The zero-order chi connectivity index (χ0) is 21.5. The third-order valence-corrected chi connectivity index (χ3v) is 8.14. The number of H-pyrrole nitrogens is 1. The molecule has 1 saturated heterocycles. The fraction of sp³-hybridized carbons (Fsp3) is 0.474. The third-order valence-electron chi connectivity index (χ3n) is 6.17. The molecule has 2 aliphatic rings. The van der Waals surface area contributed by atoms with E-state index in [0.29, 0.717) is 25.4 Å². The van der Waals surface area contributed by atoms with E-state index in [-0.39, 0.29) is 45.0 Å². The highest BCUT2D eigenvalue weighted by atomic mass is 35.5. The van der Waals surface area contributed by atoms with Crippen molar-refractivity contribution in [2.24, 2.45) is 17.8 Å². The maximum absolute atomic E-state index is 13.1. The van der Waals surface area contributed by atoms with Gasteiger partial charge in [0, 0.05) is 19.1 Å². The molecule has 11 heteroatoms. The van der Waals surface area contributed by atoms with Crippen LogP contribution in [0, 0.1) is 29.1 Å². The summed E-state index contributed by atoms with van der Waals surface area (Å²) >= 11 is 6.11. The molecule has 2 N–H and O–H groups in total. The van der Waals surface area contributed by atoms with Gasteiger partial charge >= 0.3 is 0 Å². The van der Waals surface area contributed by atoms with E-state index in [2.05, 4.69) is 27.1 Å². The van der Waals surface area contributed by atoms with Crippen molar-refractivity contribution < 1.29 is 13.2 Å². The molecule has 158 valence electrons. The van der Waals surface area contributed by atoms with Gasteiger partial charge in [0.05, 0.1) is 22.9 Å². The molecule has 0 radical (unpaired) electrons. The lowest BCUT2D eigenvalue weighted by Crippen LogP contribution is -2.47. The summed E-state index contributed by atoms with van der Waals surface area (Å²) in [4.78, 5) is 14.3. The number of carbonyl (C=O) groups is 1. The molecule has 1 saturated carbocycles. The Balaban J connectivity index is 1.56. The summed E-state index contributed by atoms with van der Waals surface area (Å²) in [6, 6.07) is 5.78. The van der Waals surface area contributed by atoms with Gasteiger partial charge in [0.1, 0.15) is 4.90 Å². The molecule has 0 bridgehead atoms. The van der Waals surface area contributed by atoms with Crippen LogP contribution in [0.3, 0.4) is 0 Å². The quantitative estimate of drug-likeness (QED) is 0.732. The highest BCUT2D eigenvalue weighted by molar-refractivity contribution is 7.89. The normalized spacial score (nSPS) is 26.2. The number of aromatic nitrogens is 3. The summed E-state index contributed by atoms with van der Waals surface area (Å²) in [5.41, 5.74) is 0.471. The van der Waals surface area contributed by atoms with E-state index in [0.717, 1.165) is 6.42 Å². The number of hydrogen-bond donors (Lipinski definition) is 2. The van der Waals surface area contributed by atoms with E-state index in [1.54, 1.807) is 4.90 Å². The first-order chi connectivity index (χ1) is 14.3. The Bertz CT molecular complexity index is 1100. The number of likely N-dealkylation sites (tertiary alicyclic amines) is 1. The number of fused-ring (bicyclic) bond motifs is 1. The zero-order valence-electron chi connectivity index (χ0n) is 16.2. The van der Waals surface area contributed by atoms with E-state index in [1.165, 1.54) is 24.4 Å². The number of nitrogens with one attached hydrogen (secondary N) is 2. The van der Waals surface area contributed by atoms with Gasteiger partial charge in [-0.25, -0.2) is 13.1 Å². The highest BCUT2D eigenvalue weighted by Crippen LogP contribution is 2.41. The summed E-state index contributed by atoms with van der Waals surface area (Å²) in [6.45, 7) is 3.14. The van der Waals surface area contributed by atoms with Gasteiger partial charge in [-0.3, -0.25) is 4.79 Å². The molecule has 2 heterocycles. The molecule has 1 aromatic carbocycles. The Morgan fingerprint density at radius 1 is 1.33 bits per heavy atom. The number of carbonyl (C=O) groups excluding carboxylic acids is 1. The Kier molecular flexibility index (Phi) is 5.53. The number of halogens is 1. The minimum Gasteiger partial charge on any atom is -0.337 e. The maximum Gasteiger partial charge on any atom is 0.276 e. The van der Waals surface area contributed by atoms with Gasteiger partial charge in [-0.2, -0.15) is 20.7 Å². The molecule has 9 nitrogen and oxygen atoms in total. The van der Waals surface area contributed by atoms with Crippen LogP contribution in [-0.4, -0.2) is 53.8 Å². The van der Waals surface area contributed by atoms with Gasteiger partial charge in [-0.1, -0.05) is 18.5 Å². The molecule has 0 spiro atoms. The molecule has 2 aromatic rings. The van der Waals surface area contributed by atoms with Gasteiger partial charge < -0.3 is 4.90 Å². The van der Waals surface area contributed by atoms with Crippen LogP contribution in [0.15, 0.2) is 29.3 Å². The van der Waals surface area contributed by atoms with Gasteiger partial charge in [0.25, 0.3) is 5.91 Å². The SMILES string of the molecule is C[C@@H]1CC[C@H](NS(=O)(=O)c2cc(C#N)ccc2Cl)[C@@H]2CN(C(=O)c3cn[nH]n3)C[C@@H]21. The number of hydrogen-bond acceptors (Lipinski definition) is 6. The summed E-state index contributed by atoms with van der Waals surface area (Å²) < 4.78 is 28.9. The second kappa shape index (κ2) is 7.98. The number of amides is 1. The predicted molar refractivity (Wildman–Crippen MR) is 108 cm³/mol. The van der Waals surface area contributed by atoms with Crippen molar-refractivity contribution in [2.45, 2.75) is 30.7 Å². The van der Waals surface area contributed by atoms with E-state index >= 15 is 0 Å². The summed E-state index contributed by atoms with van der Waals surface area (Å²) in [6.07, 6.45) is 2.91. The van der Waals surface area contributed by atoms with E-state index in [1.807, 2.05) is 6.07 Å². The minimum atomic E-state index is -3.92. The number of sulfonamides is 1. The number of benzene rings is 1. The molecule has 1 aliphatic carbocycles. The number of aromatic amines is 1. The molecule has 0 unspecified atom stereocenters. The molecule has 30 heavy (non-hydrogen) atoms. The van der Waals surface area contributed by atoms with E-state index in [9.17, 15) is 13.2 Å². The molecule has 4 atom stereocenters. The molecule has 1 amide bonds. The highest BCUT2D eigenvalue weighted by Gasteiger charge is 2.46. The molecule has 2 fully saturated rings. The van der Waals surface area contributed by atoms with E-state index < -0.39 is 10.0 Å². The number of nitrogens with zero attached hydrogens (tertiary/aromatic N) is 4. The van der Waals surface area contributed by atoms with Crippen LogP contribution in [0.1, 0.15) is 35.8 Å². The first-order valence-corrected chi connectivity index (χ1v) is 11.5. The fourth-order valence-corrected chi connectivity index (χ4v) is 6.42. The first kappa shape index (κ1) is 20.8. The standard InChI is InChI=1S/C19H21ClN6O3S/c1-11-2-5-16(24-30(28,29)18-6-12(7-21)3-4-15(18)20)14-10-26(9-13(11)14)19(27)17-8-22-25-23-17/h3-4,6,8,11,13-14,16,24H,2,5,9-10H2,1H3,(H,22,23,25)/t11-,13-,14-,16+/m1/s1. The lowest BCUT2D eigenvalue weighted by Gasteiger charge is -2.37.